The summed E-state index contributed by atoms with van der Waals surface area (Å²) in [6, 6.07) is 4.10. The molecule has 5 heteroatoms. The summed E-state index contributed by atoms with van der Waals surface area (Å²) in [6.45, 7) is 9.07. The van der Waals surface area contributed by atoms with Gasteiger partial charge in [-0.3, -0.25) is 4.98 Å². The lowest BCUT2D eigenvalue weighted by molar-refractivity contribution is 0.00578. The van der Waals surface area contributed by atoms with Crippen molar-refractivity contribution in [2.45, 2.75) is 64.3 Å². The molecule has 4 nitrogen and oxygen atoms in total. The van der Waals surface area contributed by atoms with Crippen molar-refractivity contribution >= 4 is 12.7 Å². The molecule has 2 fully saturated rings. The van der Waals surface area contributed by atoms with Crippen molar-refractivity contribution in [3.63, 3.8) is 0 Å². The Bertz CT molecular complexity index is 496. The first kappa shape index (κ1) is 15.0. The minimum absolute atomic E-state index is 0.183. The van der Waals surface area contributed by atoms with Crippen LogP contribution < -0.4 is 5.59 Å². The van der Waals surface area contributed by atoms with Gasteiger partial charge in [-0.2, -0.15) is 0 Å². The first-order valence-corrected chi connectivity index (χ1v) is 7.82. The summed E-state index contributed by atoms with van der Waals surface area (Å²) in [6.07, 6.45) is 5.47. The van der Waals surface area contributed by atoms with Crippen LogP contribution in [0.15, 0.2) is 18.3 Å². The van der Waals surface area contributed by atoms with E-state index in [1.807, 2.05) is 12.3 Å². The molecule has 1 aromatic rings. The number of rotatable bonds is 2. The second-order valence-electron chi connectivity index (χ2n) is 6.96. The van der Waals surface area contributed by atoms with Gasteiger partial charge >= 0.3 is 7.12 Å². The van der Waals surface area contributed by atoms with Crippen molar-refractivity contribution < 1.29 is 14.0 Å². The average molecular weight is 289 g/mol. The molecule has 0 bridgehead atoms. The number of aromatic nitrogens is 1. The minimum atomic E-state index is -0.404. The predicted octanol–water partition coefficient (Wildman–Crippen LogP) is 2.62. The zero-order chi connectivity index (χ0) is 15.1. The Morgan fingerprint density at radius 2 is 1.86 bits per heavy atom. The van der Waals surface area contributed by atoms with Gasteiger partial charge in [0.25, 0.3) is 0 Å². The summed E-state index contributed by atoms with van der Waals surface area (Å²) < 4.78 is 18.0. The quantitative estimate of drug-likeness (QED) is 0.785. The van der Waals surface area contributed by atoms with Crippen LogP contribution in [-0.2, 0) is 14.0 Å². The lowest BCUT2D eigenvalue weighted by Gasteiger charge is -2.32. The molecule has 0 aromatic carbocycles. The number of nitrogens with zero attached hydrogens (tertiary/aromatic N) is 1. The van der Waals surface area contributed by atoms with E-state index in [-0.39, 0.29) is 17.3 Å². The van der Waals surface area contributed by atoms with Gasteiger partial charge in [0, 0.05) is 12.8 Å². The van der Waals surface area contributed by atoms with Gasteiger partial charge in [0.15, 0.2) is 0 Å². The molecular weight excluding hydrogens is 265 g/mol. The molecular formula is C16H24BNO3. The molecule has 1 atom stereocenters. The fourth-order valence-electron chi connectivity index (χ4n) is 2.76. The van der Waals surface area contributed by atoms with E-state index >= 15 is 0 Å². The molecule has 2 saturated heterocycles. The van der Waals surface area contributed by atoms with E-state index in [2.05, 4.69) is 38.7 Å². The highest BCUT2D eigenvalue weighted by Crippen LogP contribution is 2.36. The SMILES string of the molecule is CC1(C)OB(c2cc(C3CCCCO3)ccn2)OC1(C)C. The third-order valence-electron chi connectivity index (χ3n) is 4.85. The Morgan fingerprint density at radius 1 is 1.14 bits per heavy atom. The van der Waals surface area contributed by atoms with E-state index in [0.717, 1.165) is 25.0 Å². The van der Waals surface area contributed by atoms with Gasteiger partial charge in [0.1, 0.15) is 0 Å². The normalized spacial score (nSPS) is 27.8. The first-order valence-electron chi connectivity index (χ1n) is 7.82. The number of hydrogen-bond donors (Lipinski definition) is 0. The lowest BCUT2D eigenvalue weighted by atomic mass is 9.82. The topological polar surface area (TPSA) is 40.6 Å². The van der Waals surface area contributed by atoms with Gasteiger partial charge in [-0.05, 0) is 64.7 Å². The van der Waals surface area contributed by atoms with Gasteiger partial charge in [0.2, 0.25) is 0 Å². The molecule has 3 heterocycles. The van der Waals surface area contributed by atoms with Gasteiger partial charge in [-0.15, -0.1) is 0 Å². The first-order chi connectivity index (χ1) is 9.89. The van der Waals surface area contributed by atoms with Crippen LogP contribution in [-0.4, -0.2) is 29.9 Å². The van der Waals surface area contributed by atoms with Crippen LogP contribution in [0.2, 0.25) is 0 Å². The van der Waals surface area contributed by atoms with E-state index < -0.39 is 7.12 Å². The second-order valence-corrected chi connectivity index (χ2v) is 6.96. The molecule has 0 radical (unpaired) electrons. The zero-order valence-electron chi connectivity index (χ0n) is 13.4. The van der Waals surface area contributed by atoms with Crippen LogP contribution in [0.25, 0.3) is 0 Å². The summed E-state index contributed by atoms with van der Waals surface area (Å²) in [5, 5.41) is 0. The van der Waals surface area contributed by atoms with Crippen LogP contribution >= 0.6 is 0 Å². The number of hydrogen-bond acceptors (Lipinski definition) is 4. The Morgan fingerprint density at radius 3 is 2.48 bits per heavy atom. The maximum atomic E-state index is 6.07. The van der Waals surface area contributed by atoms with Crippen molar-refractivity contribution in [1.29, 1.82) is 0 Å². The highest BCUT2D eigenvalue weighted by Gasteiger charge is 2.52. The summed E-state index contributed by atoms with van der Waals surface area (Å²) in [7, 11) is -0.404. The minimum Gasteiger partial charge on any atom is -0.398 e. The summed E-state index contributed by atoms with van der Waals surface area (Å²) in [5.41, 5.74) is 1.34. The molecule has 21 heavy (non-hydrogen) atoms. The third-order valence-corrected chi connectivity index (χ3v) is 4.85. The average Bonchev–Trinajstić information content (AvgIpc) is 2.69. The van der Waals surface area contributed by atoms with Crippen molar-refractivity contribution in [3.8, 4) is 0 Å². The van der Waals surface area contributed by atoms with Crippen molar-refractivity contribution in [3.05, 3.63) is 23.9 Å². The molecule has 0 saturated carbocycles. The lowest BCUT2D eigenvalue weighted by Crippen LogP contribution is -2.41. The molecule has 0 N–H and O–H groups in total. The summed E-state index contributed by atoms with van der Waals surface area (Å²) in [4.78, 5) is 4.44. The highest BCUT2D eigenvalue weighted by molar-refractivity contribution is 6.61. The van der Waals surface area contributed by atoms with Crippen LogP contribution in [0, 0.1) is 0 Å². The molecule has 0 amide bonds. The van der Waals surface area contributed by atoms with Crippen molar-refractivity contribution in [2.24, 2.45) is 0 Å². The standard InChI is InChI=1S/C16H24BNO3/c1-15(2)16(3,4)21-17(20-15)14-11-12(8-9-18-14)13-7-5-6-10-19-13/h8-9,11,13H,5-7,10H2,1-4H3. The van der Waals surface area contributed by atoms with Crippen LogP contribution in [0.1, 0.15) is 58.6 Å². The predicted molar refractivity (Wildman–Crippen MR) is 82.5 cm³/mol. The van der Waals surface area contributed by atoms with E-state index in [1.54, 1.807) is 0 Å². The fraction of sp³-hybridized carbons (Fsp3) is 0.688. The molecule has 2 aliphatic heterocycles. The van der Waals surface area contributed by atoms with E-state index in [4.69, 9.17) is 14.0 Å². The Kier molecular flexibility index (Phi) is 3.84. The Balaban J connectivity index is 1.81. The summed E-state index contributed by atoms with van der Waals surface area (Å²) >= 11 is 0. The number of ether oxygens (including phenoxy) is 1. The molecule has 3 rings (SSSR count). The largest absolute Gasteiger partial charge is 0.514 e. The van der Waals surface area contributed by atoms with E-state index in [9.17, 15) is 0 Å². The highest BCUT2D eigenvalue weighted by atomic mass is 16.7. The van der Waals surface area contributed by atoms with Gasteiger partial charge in [-0.25, -0.2) is 0 Å². The Hall–Kier alpha value is -0.905. The number of pyridine rings is 1. The van der Waals surface area contributed by atoms with E-state index in [0.29, 0.717) is 0 Å². The third kappa shape index (κ3) is 2.87. The smallest absolute Gasteiger partial charge is 0.398 e. The molecule has 1 unspecified atom stereocenters. The maximum absolute atomic E-state index is 6.07. The summed E-state index contributed by atoms with van der Waals surface area (Å²) in [5.74, 6) is 0. The molecule has 114 valence electrons. The molecule has 0 aliphatic carbocycles. The van der Waals surface area contributed by atoms with Gasteiger partial charge < -0.3 is 14.0 Å². The van der Waals surface area contributed by atoms with Crippen LogP contribution in [0.4, 0.5) is 0 Å². The zero-order valence-corrected chi connectivity index (χ0v) is 13.4. The van der Waals surface area contributed by atoms with Crippen LogP contribution in [0.5, 0.6) is 0 Å². The monoisotopic (exact) mass is 289 g/mol. The van der Waals surface area contributed by atoms with Crippen LogP contribution in [0.3, 0.4) is 0 Å². The molecule has 0 spiro atoms. The van der Waals surface area contributed by atoms with Crippen molar-refractivity contribution in [1.82, 2.24) is 4.98 Å². The molecule has 2 aliphatic rings. The van der Waals surface area contributed by atoms with E-state index in [1.165, 1.54) is 12.0 Å². The Labute approximate surface area is 127 Å². The van der Waals surface area contributed by atoms with Crippen molar-refractivity contribution in [2.75, 3.05) is 6.61 Å². The maximum Gasteiger partial charge on any atom is 0.514 e. The van der Waals surface area contributed by atoms with Gasteiger partial charge in [0.05, 0.1) is 22.9 Å². The molecule has 1 aromatic heterocycles. The van der Waals surface area contributed by atoms with Gasteiger partial charge in [-0.1, -0.05) is 0 Å². The fourth-order valence-corrected chi connectivity index (χ4v) is 2.76. The second kappa shape index (κ2) is 5.38.